The first-order valence-electron chi connectivity index (χ1n) is 8.04. The van der Waals surface area contributed by atoms with Gasteiger partial charge in [0, 0.05) is 30.5 Å². The minimum atomic E-state index is 0.158. The summed E-state index contributed by atoms with van der Waals surface area (Å²) in [7, 11) is 0. The number of pyridine rings is 1. The highest BCUT2D eigenvalue weighted by atomic mass is 16.2. The molecule has 3 nitrogen and oxygen atoms in total. The first kappa shape index (κ1) is 14.8. The Hall–Kier alpha value is -2.16. The summed E-state index contributed by atoms with van der Waals surface area (Å²) in [5.41, 5.74) is 3.19. The van der Waals surface area contributed by atoms with Crippen LogP contribution < -0.4 is 0 Å². The Morgan fingerprint density at radius 3 is 2.73 bits per heavy atom. The Kier molecular flexibility index (Phi) is 4.52. The molecule has 1 unspecified atom stereocenters. The van der Waals surface area contributed by atoms with Crippen LogP contribution in [0.2, 0.25) is 0 Å². The highest BCUT2D eigenvalue weighted by molar-refractivity contribution is 5.94. The van der Waals surface area contributed by atoms with Crippen molar-refractivity contribution >= 4 is 5.91 Å². The second-order valence-corrected chi connectivity index (χ2v) is 5.98. The van der Waals surface area contributed by atoms with Crippen LogP contribution in [-0.2, 0) is 12.8 Å². The molecule has 1 amide bonds. The maximum atomic E-state index is 12.6. The molecule has 0 aliphatic carbocycles. The van der Waals surface area contributed by atoms with E-state index in [2.05, 4.69) is 30.1 Å². The Balaban J connectivity index is 1.60. The zero-order valence-corrected chi connectivity index (χ0v) is 13.0. The van der Waals surface area contributed by atoms with Gasteiger partial charge in [0.1, 0.15) is 0 Å². The van der Waals surface area contributed by atoms with Gasteiger partial charge in [0.15, 0.2) is 0 Å². The van der Waals surface area contributed by atoms with E-state index in [1.54, 1.807) is 0 Å². The number of hydrogen-bond acceptors (Lipinski definition) is 2. The summed E-state index contributed by atoms with van der Waals surface area (Å²) in [6, 6.07) is 14.0. The van der Waals surface area contributed by atoms with Crippen LogP contribution >= 0.6 is 0 Å². The summed E-state index contributed by atoms with van der Waals surface area (Å²) < 4.78 is 0. The van der Waals surface area contributed by atoms with Crippen molar-refractivity contribution in [2.45, 2.75) is 26.2 Å². The molecule has 0 N–H and O–H groups in total. The van der Waals surface area contributed by atoms with Gasteiger partial charge < -0.3 is 4.90 Å². The molecule has 3 rings (SSSR count). The number of rotatable bonds is 4. The van der Waals surface area contributed by atoms with Gasteiger partial charge in [-0.2, -0.15) is 0 Å². The normalized spacial score (nSPS) is 17.7. The van der Waals surface area contributed by atoms with Crippen LogP contribution in [-0.4, -0.2) is 28.9 Å². The molecule has 1 atom stereocenters. The summed E-state index contributed by atoms with van der Waals surface area (Å²) in [4.78, 5) is 18.9. The second-order valence-electron chi connectivity index (χ2n) is 5.98. The number of benzene rings is 1. The van der Waals surface area contributed by atoms with Gasteiger partial charge in [-0.3, -0.25) is 9.78 Å². The van der Waals surface area contributed by atoms with Gasteiger partial charge in [-0.1, -0.05) is 25.1 Å². The van der Waals surface area contributed by atoms with Crippen LogP contribution in [0.3, 0.4) is 0 Å². The quantitative estimate of drug-likeness (QED) is 0.866. The van der Waals surface area contributed by atoms with E-state index in [0.717, 1.165) is 43.6 Å². The van der Waals surface area contributed by atoms with Crippen LogP contribution in [0.1, 0.15) is 35.0 Å². The predicted molar refractivity (Wildman–Crippen MR) is 87.8 cm³/mol. The fourth-order valence-corrected chi connectivity index (χ4v) is 3.06. The number of hydrogen-bond donors (Lipinski definition) is 0. The highest BCUT2D eigenvalue weighted by Gasteiger charge is 2.27. The summed E-state index contributed by atoms with van der Waals surface area (Å²) in [5, 5.41) is 0. The lowest BCUT2D eigenvalue weighted by Gasteiger charge is -2.17. The van der Waals surface area contributed by atoms with Gasteiger partial charge in [-0.25, -0.2) is 0 Å². The summed E-state index contributed by atoms with van der Waals surface area (Å²) in [6.07, 6.45) is 4.86. The van der Waals surface area contributed by atoms with Crippen LogP contribution in [0.5, 0.6) is 0 Å². The molecule has 1 fully saturated rings. The van der Waals surface area contributed by atoms with Gasteiger partial charge >= 0.3 is 0 Å². The van der Waals surface area contributed by atoms with Gasteiger partial charge in [0.2, 0.25) is 0 Å². The number of nitrogens with zero attached hydrogens (tertiary/aromatic N) is 2. The zero-order valence-electron chi connectivity index (χ0n) is 13.0. The average Bonchev–Trinajstić information content (AvgIpc) is 3.04. The van der Waals surface area contributed by atoms with Crippen molar-refractivity contribution in [3.8, 4) is 0 Å². The first-order chi connectivity index (χ1) is 10.8. The predicted octanol–water partition coefficient (Wildman–Crippen LogP) is 3.35. The fourth-order valence-electron chi connectivity index (χ4n) is 3.06. The Morgan fingerprint density at radius 1 is 1.23 bits per heavy atom. The molecule has 1 aromatic heterocycles. The van der Waals surface area contributed by atoms with E-state index in [0.29, 0.717) is 5.92 Å². The van der Waals surface area contributed by atoms with E-state index in [-0.39, 0.29) is 5.91 Å². The van der Waals surface area contributed by atoms with E-state index < -0.39 is 0 Å². The van der Waals surface area contributed by atoms with Gasteiger partial charge in [-0.05, 0) is 55.0 Å². The molecular weight excluding hydrogens is 272 g/mol. The van der Waals surface area contributed by atoms with Gasteiger partial charge in [0.25, 0.3) is 5.91 Å². The minimum Gasteiger partial charge on any atom is -0.338 e. The van der Waals surface area contributed by atoms with E-state index in [1.165, 1.54) is 5.56 Å². The SMILES string of the molecule is CCc1ccc(C(=O)N2CCC(Cc3ccccn3)C2)cc1. The third-order valence-electron chi connectivity index (χ3n) is 4.41. The molecular formula is C19H22N2O. The monoisotopic (exact) mass is 294 g/mol. The third-order valence-corrected chi connectivity index (χ3v) is 4.41. The van der Waals surface area contributed by atoms with Crippen molar-refractivity contribution in [2.24, 2.45) is 5.92 Å². The Morgan fingerprint density at radius 2 is 2.05 bits per heavy atom. The maximum absolute atomic E-state index is 12.6. The largest absolute Gasteiger partial charge is 0.338 e. The topological polar surface area (TPSA) is 33.2 Å². The van der Waals surface area contributed by atoms with Crippen molar-refractivity contribution in [1.29, 1.82) is 0 Å². The number of amides is 1. The van der Waals surface area contributed by atoms with Gasteiger partial charge in [0.05, 0.1) is 0 Å². The first-order valence-corrected chi connectivity index (χ1v) is 8.04. The lowest BCUT2D eigenvalue weighted by molar-refractivity contribution is 0.0787. The van der Waals surface area contributed by atoms with Crippen LogP contribution in [0.25, 0.3) is 0 Å². The molecule has 0 bridgehead atoms. The number of aromatic nitrogens is 1. The summed E-state index contributed by atoms with van der Waals surface area (Å²) in [5.74, 6) is 0.680. The second kappa shape index (κ2) is 6.73. The van der Waals surface area contributed by atoms with Crippen molar-refractivity contribution in [2.75, 3.05) is 13.1 Å². The molecule has 2 aromatic rings. The number of likely N-dealkylation sites (tertiary alicyclic amines) is 1. The van der Waals surface area contributed by atoms with E-state index in [4.69, 9.17) is 0 Å². The van der Waals surface area contributed by atoms with Crippen molar-refractivity contribution in [1.82, 2.24) is 9.88 Å². The summed E-state index contributed by atoms with van der Waals surface area (Å²) >= 11 is 0. The Labute approximate surface area is 132 Å². The van der Waals surface area contributed by atoms with E-state index in [9.17, 15) is 4.79 Å². The van der Waals surface area contributed by atoms with E-state index >= 15 is 0 Å². The number of carbonyl (C=O) groups is 1. The molecule has 0 saturated carbocycles. The van der Waals surface area contributed by atoms with E-state index in [1.807, 2.05) is 35.4 Å². The molecule has 1 saturated heterocycles. The maximum Gasteiger partial charge on any atom is 0.253 e. The molecule has 2 heterocycles. The molecule has 0 radical (unpaired) electrons. The third kappa shape index (κ3) is 3.35. The van der Waals surface area contributed by atoms with Crippen molar-refractivity contribution < 1.29 is 4.79 Å². The zero-order chi connectivity index (χ0) is 15.4. The molecule has 1 aliphatic rings. The summed E-state index contributed by atoms with van der Waals surface area (Å²) in [6.45, 7) is 3.82. The fraction of sp³-hybridized carbons (Fsp3) is 0.368. The number of aryl methyl sites for hydroxylation is 1. The van der Waals surface area contributed by atoms with Crippen LogP contribution in [0, 0.1) is 5.92 Å². The van der Waals surface area contributed by atoms with Gasteiger partial charge in [-0.15, -0.1) is 0 Å². The minimum absolute atomic E-state index is 0.158. The molecule has 1 aromatic carbocycles. The average molecular weight is 294 g/mol. The highest BCUT2D eigenvalue weighted by Crippen LogP contribution is 2.22. The number of carbonyl (C=O) groups excluding carboxylic acids is 1. The van der Waals surface area contributed by atoms with Crippen LogP contribution in [0.15, 0.2) is 48.7 Å². The molecule has 1 aliphatic heterocycles. The van der Waals surface area contributed by atoms with Crippen molar-refractivity contribution in [3.05, 3.63) is 65.5 Å². The lowest BCUT2D eigenvalue weighted by atomic mass is 10.0. The van der Waals surface area contributed by atoms with Crippen LogP contribution in [0.4, 0.5) is 0 Å². The van der Waals surface area contributed by atoms with Crippen molar-refractivity contribution in [3.63, 3.8) is 0 Å². The lowest BCUT2D eigenvalue weighted by Crippen LogP contribution is -2.29. The Bertz CT molecular complexity index is 622. The smallest absolute Gasteiger partial charge is 0.253 e. The molecule has 114 valence electrons. The molecule has 3 heteroatoms. The molecule has 22 heavy (non-hydrogen) atoms. The molecule has 0 spiro atoms. The standard InChI is InChI=1S/C19H22N2O/c1-2-15-6-8-17(9-7-15)19(22)21-12-10-16(14-21)13-18-5-3-4-11-20-18/h3-9,11,16H,2,10,12-14H2,1H3.